The fraction of sp³-hybridized carbons (Fsp3) is 0.647. The second-order valence-corrected chi connectivity index (χ2v) is 7.48. The normalized spacial score (nSPS) is 24.0. The third-order valence-corrected chi connectivity index (χ3v) is 4.58. The molecule has 6 nitrogen and oxygen atoms in total. The molecule has 1 aromatic heterocycles. The minimum atomic E-state index is -0.494. The van der Waals surface area contributed by atoms with Crippen molar-refractivity contribution in [3.8, 4) is 0 Å². The van der Waals surface area contributed by atoms with Crippen LogP contribution in [-0.2, 0) is 11.8 Å². The lowest BCUT2D eigenvalue weighted by molar-refractivity contribution is -0.0344. The fourth-order valence-electron chi connectivity index (χ4n) is 3.45. The molecule has 3 aliphatic heterocycles. The smallest absolute Gasteiger partial charge is 0.410 e. The summed E-state index contributed by atoms with van der Waals surface area (Å²) in [7, 11) is 1.88. The summed E-state index contributed by atoms with van der Waals surface area (Å²) in [6.45, 7) is 6.78. The Balaban J connectivity index is 1.71. The summed E-state index contributed by atoms with van der Waals surface area (Å²) >= 11 is 0. The number of hydrogen-bond acceptors (Lipinski definition) is 3. The molecule has 0 radical (unpaired) electrons. The molecule has 3 aliphatic rings. The highest BCUT2D eigenvalue weighted by atomic mass is 16.6. The van der Waals surface area contributed by atoms with E-state index < -0.39 is 5.60 Å². The molecule has 2 bridgehead atoms. The first-order chi connectivity index (χ1) is 10.8. The summed E-state index contributed by atoms with van der Waals surface area (Å²) in [5.41, 5.74) is 0.202. The molecule has 23 heavy (non-hydrogen) atoms. The highest BCUT2D eigenvalue weighted by Crippen LogP contribution is 2.31. The van der Waals surface area contributed by atoms with Crippen molar-refractivity contribution in [1.82, 2.24) is 14.4 Å². The van der Waals surface area contributed by atoms with Gasteiger partial charge in [-0.2, -0.15) is 0 Å². The lowest BCUT2D eigenvalue weighted by Crippen LogP contribution is -2.65. The van der Waals surface area contributed by atoms with Gasteiger partial charge in [-0.05, 0) is 45.7 Å². The van der Waals surface area contributed by atoms with E-state index in [0.29, 0.717) is 18.8 Å². The number of fused-ring (bicyclic) bond motifs is 3. The first-order valence-corrected chi connectivity index (χ1v) is 8.18. The van der Waals surface area contributed by atoms with Crippen molar-refractivity contribution in [2.24, 2.45) is 7.05 Å². The zero-order valence-electron chi connectivity index (χ0n) is 14.3. The predicted octanol–water partition coefficient (Wildman–Crippen LogP) is 2.25. The standard InChI is InChI=1S/C17H25N3O3/c1-17(2,3)23-16(22)20-11-12-7-8-13(20)10-19(12)15(21)14-6-5-9-18(14)4/h5-6,9,12-13H,7-8,10-11H2,1-4H3. The second kappa shape index (κ2) is 5.58. The fourth-order valence-corrected chi connectivity index (χ4v) is 3.45. The number of hydrogen-bond donors (Lipinski definition) is 0. The zero-order valence-corrected chi connectivity index (χ0v) is 14.3. The predicted molar refractivity (Wildman–Crippen MR) is 86.2 cm³/mol. The molecule has 4 heterocycles. The van der Waals surface area contributed by atoms with Gasteiger partial charge in [0, 0.05) is 32.4 Å². The number of amides is 2. The van der Waals surface area contributed by atoms with Gasteiger partial charge in [0.25, 0.3) is 5.91 Å². The van der Waals surface area contributed by atoms with Gasteiger partial charge in [0.2, 0.25) is 0 Å². The molecule has 3 saturated heterocycles. The van der Waals surface area contributed by atoms with Gasteiger partial charge in [0.1, 0.15) is 11.3 Å². The summed E-state index contributed by atoms with van der Waals surface area (Å²) in [4.78, 5) is 28.8. The van der Waals surface area contributed by atoms with Crippen LogP contribution in [0.15, 0.2) is 18.3 Å². The summed E-state index contributed by atoms with van der Waals surface area (Å²) in [6.07, 6.45) is 3.49. The van der Waals surface area contributed by atoms with Gasteiger partial charge in [-0.15, -0.1) is 0 Å². The number of ether oxygens (including phenoxy) is 1. The molecule has 126 valence electrons. The van der Waals surface area contributed by atoms with Crippen molar-refractivity contribution < 1.29 is 14.3 Å². The third-order valence-electron chi connectivity index (χ3n) is 4.58. The highest BCUT2D eigenvalue weighted by molar-refractivity contribution is 5.93. The number of carbonyl (C=O) groups excluding carboxylic acids is 2. The summed E-state index contributed by atoms with van der Waals surface area (Å²) in [6, 6.07) is 3.85. The number of carbonyl (C=O) groups is 2. The van der Waals surface area contributed by atoms with Crippen LogP contribution in [0.5, 0.6) is 0 Å². The van der Waals surface area contributed by atoms with Crippen molar-refractivity contribution in [2.45, 2.75) is 51.3 Å². The van der Waals surface area contributed by atoms with Gasteiger partial charge < -0.3 is 19.1 Å². The van der Waals surface area contributed by atoms with E-state index in [1.165, 1.54) is 0 Å². The Morgan fingerprint density at radius 3 is 2.22 bits per heavy atom. The van der Waals surface area contributed by atoms with Crippen LogP contribution in [0.2, 0.25) is 0 Å². The van der Waals surface area contributed by atoms with Gasteiger partial charge >= 0.3 is 6.09 Å². The first kappa shape index (κ1) is 15.9. The molecule has 3 fully saturated rings. The van der Waals surface area contributed by atoms with E-state index in [0.717, 1.165) is 12.8 Å². The van der Waals surface area contributed by atoms with E-state index in [9.17, 15) is 9.59 Å². The Hall–Kier alpha value is -1.98. The molecule has 2 unspecified atom stereocenters. The maximum atomic E-state index is 12.7. The molecule has 2 amide bonds. The highest BCUT2D eigenvalue weighted by Gasteiger charge is 2.44. The van der Waals surface area contributed by atoms with Crippen molar-refractivity contribution in [3.05, 3.63) is 24.0 Å². The SMILES string of the molecule is Cn1cccc1C(=O)N1CC2CCC1CN2C(=O)OC(C)(C)C. The lowest BCUT2D eigenvalue weighted by Gasteiger charge is -2.51. The number of piperazine rings is 1. The largest absolute Gasteiger partial charge is 0.444 e. The quantitative estimate of drug-likeness (QED) is 0.798. The molecule has 6 heteroatoms. The summed E-state index contributed by atoms with van der Waals surface area (Å²) in [5.74, 6) is 0.0519. The third kappa shape index (κ3) is 3.07. The molecule has 0 aromatic carbocycles. The Kier molecular flexibility index (Phi) is 3.86. The summed E-state index contributed by atoms with van der Waals surface area (Å²) in [5, 5.41) is 0. The molecular weight excluding hydrogens is 294 g/mol. The Morgan fingerprint density at radius 1 is 1.13 bits per heavy atom. The van der Waals surface area contributed by atoms with Crippen LogP contribution in [0.4, 0.5) is 4.79 Å². The number of nitrogens with zero attached hydrogens (tertiary/aromatic N) is 3. The molecule has 0 aliphatic carbocycles. The van der Waals surface area contributed by atoms with Crippen molar-refractivity contribution in [1.29, 1.82) is 0 Å². The van der Waals surface area contributed by atoms with Gasteiger partial charge in [-0.1, -0.05) is 0 Å². The van der Waals surface area contributed by atoms with Gasteiger partial charge in [0.15, 0.2) is 0 Å². The molecule has 0 N–H and O–H groups in total. The molecule has 2 atom stereocenters. The van der Waals surface area contributed by atoms with Crippen LogP contribution >= 0.6 is 0 Å². The van der Waals surface area contributed by atoms with Crippen molar-refractivity contribution >= 4 is 12.0 Å². The lowest BCUT2D eigenvalue weighted by atomic mass is 9.91. The van der Waals surface area contributed by atoms with Crippen molar-refractivity contribution in [3.63, 3.8) is 0 Å². The molecular formula is C17H25N3O3. The first-order valence-electron chi connectivity index (χ1n) is 8.18. The van der Waals surface area contributed by atoms with E-state index in [4.69, 9.17) is 4.74 Å². The number of aryl methyl sites for hydroxylation is 1. The Bertz CT molecular complexity index is 617. The van der Waals surface area contributed by atoms with Crippen molar-refractivity contribution in [2.75, 3.05) is 13.1 Å². The second-order valence-electron chi connectivity index (χ2n) is 7.48. The molecule has 1 aromatic rings. The van der Waals surface area contributed by atoms with Crippen LogP contribution in [0.3, 0.4) is 0 Å². The van der Waals surface area contributed by atoms with E-state index in [-0.39, 0.29) is 24.1 Å². The maximum absolute atomic E-state index is 12.7. The number of aromatic nitrogens is 1. The average Bonchev–Trinajstić information content (AvgIpc) is 2.91. The Morgan fingerprint density at radius 2 is 1.74 bits per heavy atom. The van der Waals surface area contributed by atoms with Gasteiger partial charge in [-0.3, -0.25) is 4.79 Å². The van der Waals surface area contributed by atoms with Crippen LogP contribution in [-0.4, -0.2) is 57.1 Å². The minimum absolute atomic E-state index is 0.0519. The Labute approximate surface area is 137 Å². The average molecular weight is 319 g/mol. The van der Waals surface area contributed by atoms with Gasteiger partial charge in [-0.25, -0.2) is 4.79 Å². The van der Waals surface area contributed by atoms with Crippen LogP contribution in [0, 0.1) is 0 Å². The monoisotopic (exact) mass is 319 g/mol. The maximum Gasteiger partial charge on any atom is 0.410 e. The van der Waals surface area contributed by atoms with Crippen LogP contribution in [0.25, 0.3) is 0 Å². The molecule has 4 rings (SSSR count). The topological polar surface area (TPSA) is 54.8 Å². The molecule has 0 spiro atoms. The number of piperidine rings is 2. The molecule has 0 saturated carbocycles. The minimum Gasteiger partial charge on any atom is -0.444 e. The van der Waals surface area contributed by atoms with E-state index in [2.05, 4.69) is 0 Å². The van der Waals surface area contributed by atoms with Crippen LogP contribution < -0.4 is 0 Å². The van der Waals surface area contributed by atoms with E-state index >= 15 is 0 Å². The van der Waals surface area contributed by atoms with E-state index in [1.807, 2.05) is 55.6 Å². The number of rotatable bonds is 1. The van der Waals surface area contributed by atoms with Crippen LogP contribution in [0.1, 0.15) is 44.1 Å². The van der Waals surface area contributed by atoms with E-state index in [1.54, 1.807) is 4.90 Å². The van der Waals surface area contributed by atoms with Gasteiger partial charge in [0.05, 0.1) is 6.04 Å². The zero-order chi connectivity index (χ0) is 16.8. The summed E-state index contributed by atoms with van der Waals surface area (Å²) < 4.78 is 7.34.